The lowest BCUT2D eigenvalue weighted by atomic mass is 10.2. The van der Waals surface area contributed by atoms with E-state index in [1.807, 2.05) is 31.3 Å². The molecule has 0 amide bonds. The van der Waals surface area contributed by atoms with E-state index >= 15 is 0 Å². The maximum Gasteiger partial charge on any atom is 0.137 e. The number of methoxy groups -OCH3 is 1. The molecule has 96 valence electrons. The van der Waals surface area contributed by atoms with Gasteiger partial charge in [0.1, 0.15) is 11.6 Å². The fraction of sp³-hybridized carbons (Fsp3) is 0.308. The van der Waals surface area contributed by atoms with Gasteiger partial charge in [0.05, 0.1) is 17.8 Å². The zero-order valence-electron chi connectivity index (χ0n) is 10.5. The second kappa shape index (κ2) is 5.42. The predicted octanol–water partition coefficient (Wildman–Crippen LogP) is 2.36. The van der Waals surface area contributed by atoms with E-state index in [0.717, 1.165) is 23.6 Å². The molecule has 0 aliphatic heterocycles. The fourth-order valence-electron chi connectivity index (χ4n) is 1.84. The molecule has 2 aromatic rings. The third-order valence-corrected chi connectivity index (χ3v) is 3.10. The van der Waals surface area contributed by atoms with Gasteiger partial charge in [-0.3, -0.25) is 0 Å². The highest BCUT2D eigenvalue weighted by Gasteiger charge is 2.06. The van der Waals surface area contributed by atoms with Gasteiger partial charge in [0.15, 0.2) is 0 Å². The fourth-order valence-corrected chi connectivity index (χ4v) is 2.12. The SMILES string of the molecule is COc1ccc(Cn2cc(CN)nc2C)cc1Cl. The van der Waals surface area contributed by atoms with Crippen LogP contribution >= 0.6 is 11.6 Å². The number of hydrogen-bond donors (Lipinski definition) is 1. The van der Waals surface area contributed by atoms with Gasteiger partial charge in [-0.2, -0.15) is 0 Å². The van der Waals surface area contributed by atoms with Gasteiger partial charge in [-0.15, -0.1) is 0 Å². The standard InChI is InChI=1S/C13H16ClN3O/c1-9-16-11(6-15)8-17(9)7-10-3-4-13(18-2)12(14)5-10/h3-5,8H,6-7,15H2,1-2H3. The van der Waals surface area contributed by atoms with E-state index in [1.165, 1.54) is 0 Å². The maximum absolute atomic E-state index is 6.10. The van der Waals surface area contributed by atoms with Crippen molar-refractivity contribution in [3.8, 4) is 5.75 Å². The van der Waals surface area contributed by atoms with E-state index in [0.29, 0.717) is 17.3 Å². The minimum Gasteiger partial charge on any atom is -0.495 e. The highest BCUT2D eigenvalue weighted by atomic mass is 35.5. The first-order chi connectivity index (χ1) is 8.63. The number of rotatable bonds is 4. The van der Waals surface area contributed by atoms with Crippen LogP contribution in [0.4, 0.5) is 0 Å². The number of benzene rings is 1. The van der Waals surface area contributed by atoms with Crippen molar-refractivity contribution in [2.75, 3.05) is 7.11 Å². The van der Waals surface area contributed by atoms with Crippen molar-refractivity contribution in [1.82, 2.24) is 9.55 Å². The number of aryl methyl sites for hydroxylation is 1. The van der Waals surface area contributed by atoms with Gasteiger partial charge in [-0.25, -0.2) is 4.98 Å². The monoisotopic (exact) mass is 265 g/mol. The zero-order valence-corrected chi connectivity index (χ0v) is 11.2. The summed E-state index contributed by atoms with van der Waals surface area (Å²) in [7, 11) is 1.61. The summed E-state index contributed by atoms with van der Waals surface area (Å²) in [6.45, 7) is 3.14. The minimum absolute atomic E-state index is 0.456. The highest BCUT2D eigenvalue weighted by molar-refractivity contribution is 6.32. The van der Waals surface area contributed by atoms with Gasteiger partial charge in [0, 0.05) is 19.3 Å². The molecule has 2 N–H and O–H groups in total. The first-order valence-corrected chi connectivity index (χ1v) is 6.07. The third kappa shape index (κ3) is 2.66. The molecule has 1 aromatic carbocycles. The lowest BCUT2D eigenvalue weighted by Crippen LogP contribution is -2.01. The van der Waals surface area contributed by atoms with Crippen LogP contribution < -0.4 is 10.5 Å². The maximum atomic E-state index is 6.10. The third-order valence-electron chi connectivity index (χ3n) is 2.80. The summed E-state index contributed by atoms with van der Waals surface area (Å²) in [5.74, 6) is 1.63. The lowest BCUT2D eigenvalue weighted by Gasteiger charge is -2.08. The van der Waals surface area contributed by atoms with Gasteiger partial charge in [0.25, 0.3) is 0 Å². The molecule has 2 rings (SSSR count). The van der Waals surface area contributed by atoms with Crippen LogP contribution in [-0.2, 0) is 13.1 Å². The smallest absolute Gasteiger partial charge is 0.137 e. The molecule has 0 aliphatic carbocycles. The van der Waals surface area contributed by atoms with E-state index in [4.69, 9.17) is 22.1 Å². The Labute approximate surface area is 111 Å². The molecule has 0 saturated carbocycles. The van der Waals surface area contributed by atoms with Crippen LogP contribution in [0.3, 0.4) is 0 Å². The van der Waals surface area contributed by atoms with Gasteiger partial charge in [0.2, 0.25) is 0 Å². The lowest BCUT2D eigenvalue weighted by molar-refractivity contribution is 0.415. The van der Waals surface area contributed by atoms with E-state index < -0.39 is 0 Å². The summed E-state index contributed by atoms with van der Waals surface area (Å²) in [5, 5.41) is 0.617. The molecule has 0 saturated heterocycles. The largest absolute Gasteiger partial charge is 0.495 e. The number of nitrogens with zero attached hydrogens (tertiary/aromatic N) is 2. The van der Waals surface area contributed by atoms with Crippen LogP contribution in [0, 0.1) is 6.92 Å². The van der Waals surface area contributed by atoms with Crippen molar-refractivity contribution in [3.63, 3.8) is 0 Å². The van der Waals surface area contributed by atoms with Crippen LogP contribution in [0.15, 0.2) is 24.4 Å². The Morgan fingerprint density at radius 2 is 2.22 bits per heavy atom. The molecule has 0 atom stereocenters. The Kier molecular flexibility index (Phi) is 3.89. The summed E-state index contributed by atoms with van der Waals surface area (Å²) < 4.78 is 7.18. The minimum atomic E-state index is 0.456. The number of halogens is 1. The van der Waals surface area contributed by atoms with E-state index in [9.17, 15) is 0 Å². The van der Waals surface area contributed by atoms with E-state index in [2.05, 4.69) is 9.55 Å². The van der Waals surface area contributed by atoms with E-state index in [1.54, 1.807) is 7.11 Å². The molecule has 0 bridgehead atoms. The van der Waals surface area contributed by atoms with Crippen molar-refractivity contribution in [2.24, 2.45) is 5.73 Å². The van der Waals surface area contributed by atoms with Crippen LogP contribution in [0.25, 0.3) is 0 Å². The molecular formula is C13H16ClN3O. The number of ether oxygens (including phenoxy) is 1. The van der Waals surface area contributed by atoms with Crippen molar-refractivity contribution in [1.29, 1.82) is 0 Å². The normalized spacial score (nSPS) is 10.7. The van der Waals surface area contributed by atoms with Crippen molar-refractivity contribution >= 4 is 11.6 Å². The molecule has 0 fully saturated rings. The Morgan fingerprint density at radius 3 is 2.78 bits per heavy atom. The summed E-state index contributed by atoms with van der Waals surface area (Å²) in [6, 6.07) is 5.77. The average Bonchev–Trinajstić information content (AvgIpc) is 2.70. The van der Waals surface area contributed by atoms with Crippen LogP contribution in [0.5, 0.6) is 5.75 Å². The molecule has 1 heterocycles. The number of aromatic nitrogens is 2. The second-order valence-electron chi connectivity index (χ2n) is 4.08. The van der Waals surface area contributed by atoms with Crippen LogP contribution in [-0.4, -0.2) is 16.7 Å². The van der Waals surface area contributed by atoms with Gasteiger partial charge in [-0.05, 0) is 24.6 Å². The molecule has 4 nitrogen and oxygen atoms in total. The molecule has 0 aliphatic rings. The predicted molar refractivity (Wildman–Crippen MR) is 72.0 cm³/mol. The first kappa shape index (κ1) is 12.9. The van der Waals surface area contributed by atoms with Crippen molar-refractivity contribution in [3.05, 3.63) is 46.5 Å². The topological polar surface area (TPSA) is 53.1 Å². The summed E-state index contributed by atoms with van der Waals surface area (Å²) in [6.07, 6.45) is 1.97. The van der Waals surface area contributed by atoms with Gasteiger partial charge < -0.3 is 15.0 Å². The summed E-state index contributed by atoms with van der Waals surface area (Å²) >= 11 is 6.10. The Bertz CT molecular complexity index is 551. The van der Waals surface area contributed by atoms with Gasteiger partial charge in [-0.1, -0.05) is 17.7 Å². The van der Waals surface area contributed by atoms with Crippen molar-refractivity contribution < 1.29 is 4.74 Å². The van der Waals surface area contributed by atoms with Crippen LogP contribution in [0.1, 0.15) is 17.1 Å². The zero-order chi connectivity index (χ0) is 13.1. The highest BCUT2D eigenvalue weighted by Crippen LogP contribution is 2.25. The summed E-state index contributed by atoms with van der Waals surface area (Å²) in [4.78, 5) is 4.36. The second-order valence-corrected chi connectivity index (χ2v) is 4.49. The molecule has 0 radical (unpaired) electrons. The summed E-state index contributed by atoms with van der Waals surface area (Å²) in [5.41, 5.74) is 7.57. The Hall–Kier alpha value is -1.52. The van der Waals surface area contributed by atoms with E-state index in [-0.39, 0.29) is 0 Å². The average molecular weight is 266 g/mol. The number of hydrogen-bond acceptors (Lipinski definition) is 3. The molecule has 1 aromatic heterocycles. The number of imidazole rings is 1. The molecule has 5 heteroatoms. The first-order valence-electron chi connectivity index (χ1n) is 5.69. The Balaban J connectivity index is 2.22. The van der Waals surface area contributed by atoms with Crippen LogP contribution in [0.2, 0.25) is 5.02 Å². The molecule has 0 unspecified atom stereocenters. The number of nitrogens with two attached hydrogens (primary N) is 1. The van der Waals surface area contributed by atoms with Gasteiger partial charge >= 0.3 is 0 Å². The molecule has 18 heavy (non-hydrogen) atoms. The van der Waals surface area contributed by atoms with Crippen molar-refractivity contribution in [2.45, 2.75) is 20.0 Å². The Morgan fingerprint density at radius 1 is 1.44 bits per heavy atom. The quantitative estimate of drug-likeness (QED) is 0.923. The molecule has 0 spiro atoms. The molecular weight excluding hydrogens is 250 g/mol.